The highest BCUT2D eigenvalue weighted by atomic mass is 32.2. The number of carbonyl (C=O) groups excluding carboxylic acids is 3. The molecule has 0 aromatic heterocycles. The number of benzene rings is 1. The molecule has 1 aromatic rings. The zero-order valence-electron chi connectivity index (χ0n) is 19.1. The zero-order valence-corrected chi connectivity index (χ0v) is 20.0. The number of methoxy groups -OCH3 is 1. The molecule has 1 aromatic carbocycles. The van der Waals surface area contributed by atoms with Crippen LogP contribution in [0.3, 0.4) is 0 Å². The van der Waals surface area contributed by atoms with Gasteiger partial charge in [0.1, 0.15) is 11.3 Å². The molecule has 4 amide bonds. The molecule has 0 aliphatic carbocycles. The third-order valence-electron chi connectivity index (χ3n) is 6.02. The first kappa shape index (κ1) is 24.8. The monoisotopic (exact) mass is 481 g/mol. The number of nitrogens with one attached hydrogen (secondary N) is 3. The number of hydrogen-bond acceptors (Lipinski definition) is 7. The number of hydrazine groups is 1. The smallest absolute Gasteiger partial charge is 0.344 e. The van der Waals surface area contributed by atoms with Crippen LogP contribution in [0.2, 0.25) is 0 Å². The average Bonchev–Trinajstić information content (AvgIpc) is 3.00. The lowest BCUT2D eigenvalue weighted by Crippen LogP contribution is -2.50. The van der Waals surface area contributed by atoms with Gasteiger partial charge in [0.2, 0.25) is 10.0 Å². The maximum absolute atomic E-state index is 13.1. The number of hydrogen-bond donors (Lipinski definition) is 3. The van der Waals surface area contributed by atoms with Crippen molar-refractivity contribution in [1.82, 2.24) is 20.1 Å². The fourth-order valence-corrected chi connectivity index (χ4v) is 5.33. The van der Waals surface area contributed by atoms with E-state index in [9.17, 15) is 22.8 Å². The van der Waals surface area contributed by atoms with Crippen LogP contribution < -0.4 is 20.8 Å². The third kappa shape index (κ3) is 5.22. The molecule has 2 aliphatic rings. The Morgan fingerprint density at radius 1 is 1.18 bits per heavy atom. The predicted octanol–water partition coefficient (Wildman–Crippen LogP) is 1.42. The molecule has 0 spiro atoms. The topological polar surface area (TPSA) is 137 Å². The molecule has 3 rings (SSSR count). The van der Waals surface area contributed by atoms with Gasteiger partial charge in [0.05, 0.1) is 24.2 Å². The second-order valence-corrected chi connectivity index (χ2v) is 10.3. The SMILES string of the molecule is CCC1(C)NC(=O)N(NC(=O)CNc2cc(S(=O)(=O)N3CCCCCC3)ccc2OC)C1=O. The molecular weight excluding hydrogens is 450 g/mol. The molecule has 33 heavy (non-hydrogen) atoms. The Morgan fingerprint density at radius 2 is 1.85 bits per heavy atom. The normalized spacial score (nSPS) is 22.0. The minimum atomic E-state index is -3.69. The van der Waals surface area contributed by atoms with E-state index in [1.165, 1.54) is 29.6 Å². The van der Waals surface area contributed by atoms with Crippen LogP contribution in [0, 0.1) is 0 Å². The number of amides is 4. The summed E-state index contributed by atoms with van der Waals surface area (Å²) < 4.78 is 33.0. The van der Waals surface area contributed by atoms with Crippen molar-refractivity contribution < 1.29 is 27.5 Å². The van der Waals surface area contributed by atoms with Crippen LogP contribution >= 0.6 is 0 Å². The molecular formula is C21H31N5O6S. The van der Waals surface area contributed by atoms with E-state index in [4.69, 9.17) is 4.74 Å². The number of imide groups is 1. The summed E-state index contributed by atoms with van der Waals surface area (Å²) in [5.41, 5.74) is 1.51. The maximum Gasteiger partial charge on any atom is 0.344 e. The van der Waals surface area contributed by atoms with Crippen molar-refractivity contribution in [2.45, 2.75) is 56.4 Å². The standard InChI is InChI=1S/C21H31N5O6S/c1-4-21(2)19(28)26(20(29)23-21)24-18(27)14-22-16-13-15(9-10-17(16)32-3)33(30,31)25-11-7-5-6-8-12-25/h9-10,13,22H,4-8,11-12,14H2,1-3H3,(H,23,29)(H,24,27). The van der Waals surface area contributed by atoms with E-state index in [0.29, 0.717) is 36.0 Å². The van der Waals surface area contributed by atoms with Crippen molar-refractivity contribution in [3.05, 3.63) is 18.2 Å². The highest BCUT2D eigenvalue weighted by Crippen LogP contribution is 2.29. The number of rotatable bonds is 8. The molecule has 2 heterocycles. The summed E-state index contributed by atoms with van der Waals surface area (Å²) in [5.74, 6) is -0.848. The first-order valence-corrected chi connectivity index (χ1v) is 12.4. The van der Waals surface area contributed by atoms with Crippen LogP contribution in [0.25, 0.3) is 0 Å². The van der Waals surface area contributed by atoms with Crippen LogP contribution in [-0.4, -0.2) is 67.9 Å². The quantitative estimate of drug-likeness (QED) is 0.478. The highest BCUT2D eigenvalue weighted by molar-refractivity contribution is 7.89. The fourth-order valence-electron chi connectivity index (χ4n) is 3.78. The molecule has 11 nitrogen and oxygen atoms in total. The predicted molar refractivity (Wildman–Crippen MR) is 121 cm³/mol. The molecule has 3 N–H and O–H groups in total. The van der Waals surface area contributed by atoms with E-state index < -0.39 is 33.4 Å². The summed E-state index contributed by atoms with van der Waals surface area (Å²) in [6, 6.07) is 3.72. The van der Waals surface area contributed by atoms with Gasteiger partial charge < -0.3 is 15.4 Å². The number of carbonyl (C=O) groups is 3. The van der Waals surface area contributed by atoms with Gasteiger partial charge in [-0.2, -0.15) is 9.31 Å². The van der Waals surface area contributed by atoms with Crippen molar-refractivity contribution in [1.29, 1.82) is 0 Å². The van der Waals surface area contributed by atoms with Gasteiger partial charge in [-0.15, -0.1) is 0 Å². The lowest BCUT2D eigenvalue weighted by atomic mass is 10.00. The summed E-state index contributed by atoms with van der Waals surface area (Å²) in [4.78, 5) is 37.0. The molecule has 2 aliphatic heterocycles. The Hall–Kier alpha value is -2.86. The van der Waals surface area contributed by atoms with E-state index >= 15 is 0 Å². The number of anilines is 1. The number of ether oxygens (including phenoxy) is 1. The number of nitrogens with zero attached hydrogens (tertiary/aromatic N) is 2. The second kappa shape index (κ2) is 9.96. The largest absolute Gasteiger partial charge is 0.495 e. The zero-order chi connectivity index (χ0) is 24.2. The summed E-state index contributed by atoms with van der Waals surface area (Å²) in [5, 5.41) is 6.05. The molecule has 0 bridgehead atoms. The molecule has 1 atom stereocenters. The molecule has 1 unspecified atom stereocenters. The van der Waals surface area contributed by atoms with E-state index in [2.05, 4.69) is 16.1 Å². The van der Waals surface area contributed by atoms with Gasteiger partial charge in [-0.05, 0) is 44.4 Å². The number of sulfonamides is 1. The summed E-state index contributed by atoms with van der Waals surface area (Å²) in [6.45, 7) is 3.97. The van der Waals surface area contributed by atoms with Gasteiger partial charge in [-0.25, -0.2) is 13.2 Å². The Morgan fingerprint density at radius 3 is 2.42 bits per heavy atom. The summed E-state index contributed by atoms with van der Waals surface area (Å²) in [6.07, 6.45) is 4.02. The fraction of sp³-hybridized carbons (Fsp3) is 0.571. The average molecular weight is 482 g/mol. The molecule has 0 saturated carbocycles. The van der Waals surface area contributed by atoms with Crippen LogP contribution in [0.5, 0.6) is 5.75 Å². The van der Waals surface area contributed by atoms with Crippen LogP contribution in [-0.2, 0) is 19.6 Å². The minimum absolute atomic E-state index is 0.0981. The van der Waals surface area contributed by atoms with Crippen LogP contribution in [0.1, 0.15) is 46.0 Å². The second-order valence-electron chi connectivity index (χ2n) is 8.33. The summed E-state index contributed by atoms with van der Waals surface area (Å²) in [7, 11) is -2.26. The van der Waals surface area contributed by atoms with Gasteiger partial charge in [0, 0.05) is 13.1 Å². The van der Waals surface area contributed by atoms with Crippen molar-refractivity contribution in [2.24, 2.45) is 0 Å². The molecule has 0 radical (unpaired) electrons. The Kier molecular flexibility index (Phi) is 7.48. The Bertz CT molecular complexity index is 1020. The van der Waals surface area contributed by atoms with E-state index in [1.807, 2.05) is 0 Å². The van der Waals surface area contributed by atoms with Crippen LogP contribution in [0.4, 0.5) is 10.5 Å². The third-order valence-corrected chi connectivity index (χ3v) is 7.91. The van der Waals surface area contributed by atoms with Crippen molar-refractivity contribution in [3.63, 3.8) is 0 Å². The Balaban J connectivity index is 1.71. The minimum Gasteiger partial charge on any atom is -0.495 e. The lowest BCUT2D eigenvalue weighted by Gasteiger charge is -2.21. The van der Waals surface area contributed by atoms with Gasteiger partial charge in [-0.3, -0.25) is 15.0 Å². The summed E-state index contributed by atoms with van der Waals surface area (Å²) >= 11 is 0. The van der Waals surface area contributed by atoms with Gasteiger partial charge >= 0.3 is 6.03 Å². The first-order chi connectivity index (χ1) is 15.6. The van der Waals surface area contributed by atoms with Crippen molar-refractivity contribution in [2.75, 3.05) is 32.1 Å². The van der Waals surface area contributed by atoms with E-state index in [-0.39, 0.29) is 11.4 Å². The lowest BCUT2D eigenvalue weighted by molar-refractivity contribution is -0.138. The molecule has 2 saturated heterocycles. The van der Waals surface area contributed by atoms with E-state index in [0.717, 1.165) is 25.7 Å². The Labute approximate surface area is 193 Å². The van der Waals surface area contributed by atoms with Crippen molar-refractivity contribution in [3.8, 4) is 5.75 Å². The van der Waals surface area contributed by atoms with Crippen molar-refractivity contribution >= 4 is 33.6 Å². The maximum atomic E-state index is 13.1. The highest BCUT2D eigenvalue weighted by Gasteiger charge is 2.47. The van der Waals surface area contributed by atoms with Crippen LogP contribution in [0.15, 0.2) is 23.1 Å². The van der Waals surface area contributed by atoms with Gasteiger partial charge in [-0.1, -0.05) is 19.8 Å². The molecule has 12 heteroatoms. The van der Waals surface area contributed by atoms with Gasteiger partial charge in [0.15, 0.2) is 0 Å². The number of urea groups is 1. The molecule has 182 valence electrons. The molecule has 2 fully saturated rings. The van der Waals surface area contributed by atoms with Gasteiger partial charge in [0.25, 0.3) is 11.8 Å². The van der Waals surface area contributed by atoms with E-state index in [1.54, 1.807) is 13.8 Å². The first-order valence-electron chi connectivity index (χ1n) is 11.0.